The van der Waals surface area contributed by atoms with Crippen LogP contribution in [0.3, 0.4) is 0 Å². The normalized spacial score (nSPS) is 11.9. The molecule has 0 radical (unpaired) electrons. The number of alkyl halides is 3. The van der Waals surface area contributed by atoms with Gasteiger partial charge < -0.3 is 19.7 Å². The van der Waals surface area contributed by atoms with Gasteiger partial charge in [0.1, 0.15) is 5.75 Å². The van der Waals surface area contributed by atoms with Crippen LogP contribution < -0.4 is 4.74 Å². The lowest BCUT2D eigenvalue weighted by molar-refractivity contribution is -0.274. The van der Waals surface area contributed by atoms with Crippen molar-refractivity contribution in [1.29, 1.82) is 0 Å². The van der Waals surface area contributed by atoms with Crippen molar-refractivity contribution in [1.82, 2.24) is 4.90 Å². The Morgan fingerprint density at radius 1 is 0.955 bits per heavy atom. The zero-order valence-corrected chi connectivity index (χ0v) is 12.1. The Balaban J connectivity index is 2.50. The lowest BCUT2D eigenvalue weighted by atomic mass is 10.2. The maximum Gasteiger partial charge on any atom is 0.573 e. The lowest BCUT2D eigenvalue weighted by Crippen LogP contribution is -2.30. The molecule has 1 rings (SSSR count). The highest BCUT2D eigenvalue weighted by Crippen LogP contribution is 2.23. The van der Waals surface area contributed by atoms with E-state index >= 15 is 0 Å². The summed E-state index contributed by atoms with van der Waals surface area (Å²) in [6.45, 7) is 1.99. The first-order valence-corrected chi connectivity index (χ1v) is 6.81. The van der Waals surface area contributed by atoms with Gasteiger partial charge >= 0.3 is 6.36 Å². The molecule has 0 fully saturated rings. The molecule has 0 aromatic heterocycles. The van der Waals surface area contributed by atoms with E-state index in [0.717, 1.165) is 5.56 Å². The highest BCUT2D eigenvalue weighted by atomic mass is 19.4. The summed E-state index contributed by atoms with van der Waals surface area (Å²) < 4.78 is 45.2. The van der Waals surface area contributed by atoms with E-state index in [1.807, 2.05) is 4.90 Å². The number of benzene rings is 1. The van der Waals surface area contributed by atoms with Crippen LogP contribution in [0.5, 0.6) is 5.75 Å². The topological polar surface area (TPSA) is 62.2 Å². The Morgan fingerprint density at radius 2 is 1.64 bits per heavy atom. The van der Waals surface area contributed by atoms with Crippen LogP contribution in [0.15, 0.2) is 24.3 Å². The second-order valence-corrected chi connectivity index (χ2v) is 4.53. The molecule has 0 saturated heterocycles. The summed E-state index contributed by atoms with van der Waals surface area (Å²) in [6.07, 6.45) is -4.70. The molecule has 8 heteroatoms. The van der Waals surface area contributed by atoms with Crippen LogP contribution in [0.1, 0.15) is 5.56 Å². The van der Waals surface area contributed by atoms with Gasteiger partial charge in [0.2, 0.25) is 0 Å². The molecule has 0 aliphatic carbocycles. The number of nitrogens with zero attached hydrogens (tertiary/aromatic N) is 1. The third-order valence-corrected chi connectivity index (χ3v) is 2.77. The summed E-state index contributed by atoms with van der Waals surface area (Å²) in [5.74, 6) is -0.267. The van der Waals surface area contributed by atoms with Gasteiger partial charge in [0.05, 0.1) is 26.4 Å². The number of aliphatic hydroxyl groups excluding tert-OH is 2. The number of ether oxygens (including phenoxy) is 2. The molecule has 0 unspecified atom stereocenters. The highest BCUT2D eigenvalue weighted by molar-refractivity contribution is 5.27. The molecule has 126 valence electrons. The summed E-state index contributed by atoms with van der Waals surface area (Å²) in [4.78, 5) is 1.90. The molecule has 0 saturated carbocycles. The maximum atomic E-state index is 12.1. The monoisotopic (exact) mass is 323 g/mol. The van der Waals surface area contributed by atoms with E-state index in [1.54, 1.807) is 12.1 Å². The largest absolute Gasteiger partial charge is 0.573 e. The number of aliphatic hydroxyl groups is 2. The zero-order valence-electron chi connectivity index (χ0n) is 12.1. The molecular weight excluding hydrogens is 303 g/mol. The summed E-state index contributed by atoms with van der Waals surface area (Å²) in [7, 11) is 0. The van der Waals surface area contributed by atoms with Gasteiger partial charge in [-0.1, -0.05) is 12.1 Å². The van der Waals surface area contributed by atoms with Gasteiger partial charge in [-0.05, 0) is 17.7 Å². The summed E-state index contributed by atoms with van der Waals surface area (Å²) in [5.41, 5.74) is 0.796. The summed E-state index contributed by atoms with van der Waals surface area (Å²) in [5, 5.41) is 17.6. The quantitative estimate of drug-likeness (QED) is 0.637. The number of hydrogen-bond acceptors (Lipinski definition) is 5. The van der Waals surface area contributed by atoms with Gasteiger partial charge in [0.15, 0.2) is 0 Å². The second-order valence-electron chi connectivity index (χ2n) is 4.53. The fourth-order valence-corrected chi connectivity index (χ4v) is 1.83. The first-order chi connectivity index (χ1) is 10.4. The molecule has 0 bridgehead atoms. The van der Waals surface area contributed by atoms with E-state index in [4.69, 9.17) is 14.9 Å². The molecular formula is C14H20F3NO4. The van der Waals surface area contributed by atoms with Gasteiger partial charge in [0.25, 0.3) is 0 Å². The van der Waals surface area contributed by atoms with E-state index in [9.17, 15) is 13.2 Å². The second kappa shape index (κ2) is 9.62. The van der Waals surface area contributed by atoms with Crippen LogP contribution in [0.4, 0.5) is 13.2 Å². The molecule has 5 nitrogen and oxygen atoms in total. The smallest absolute Gasteiger partial charge is 0.406 e. The van der Waals surface area contributed by atoms with Gasteiger partial charge in [-0.25, -0.2) is 0 Å². The number of rotatable bonds is 10. The van der Waals surface area contributed by atoms with Crippen LogP contribution >= 0.6 is 0 Å². The molecule has 0 heterocycles. The molecule has 0 amide bonds. The van der Waals surface area contributed by atoms with Gasteiger partial charge in [0, 0.05) is 19.6 Å². The molecule has 0 atom stereocenters. The van der Waals surface area contributed by atoms with Crippen molar-refractivity contribution in [2.75, 3.05) is 39.5 Å². The minimum Gasteiger partial charge on any atom is -0.406 e. The highest BCUT2D eigenvalue weighted by Gasteiger charge is 2.30. The predicted molar refractivity (Wildman–Crippen MR) is 73.4 cm³/mol. The molecule has 22 heavy (non-hydrogen) atoms. The minimum absolute atomic E-state index is 0.0325. The SMILES string of the molecule is OCCOCCN(CCO)Cc1ccc(OC(F)(F)F)cc1. The lowest BCUT2D eigenvalue weighted by Gasteiger charge is -2.21. The average molecular weight is 323 g/mol. The van der Waals surface area contributed by atoms with Crippen LogP contribution in [0, 0.1) is 0 Å². The third kappa shape index (κ3) is 8.18. The Kier molecular flexibility index (Phi) is 8.18. The van der Waals surface area contributed by atoms with Crippen molar-refractivity contribution >= 4 is 0 Å². The molecule has 0 aliphatic heterocycles. The Hall–Kier alpha value is -1.35. The van der Waals surface area contributed by atoms with Crippen molar-refractivity contribution < 1.29 is 32.9 Å². The first-order valence-electron chi connectivity index (χ1n) is 6.81. The van der Waals surface area contributed by atoms with Gasteiger partial charge in [-0.15, -0.1) is 13.2 Å². The molecule has 1 aromatic carbocycles. The fourth-order valence-electron chi connectivity index (χ4n) is 1.83. The van der Waals surface area contributed by atoms with Crippen LogP contribution in [-0.4, -0.2) is 61.0 Å². The standard InChI is InChI=1S/C14H20F3NO4/c15-14(16,17)22-13-3-1-12(2-4-13)11-18(5-7-19)6-9-21-10-8-20/h1-4,19-20H,5-11H2. The summed E-state index contributed by atoms with van der Waals surface area (Å²) in [6, 6.07) is 5.59. The van der Waals surface area contributed by atoms with E-state index in [2.05, 4.69) is 4.74 Å². The van der Waals surface area contributed by atoms with Crippen molar-refractivity contribution in [2.45, 2.75) is 12.9 Å². The molecule has 2 N–H and O–H groups in total. The van der Waals surface area contributed by atoms with E-state index in [0.29, 0.717) is 26.2 Å². The van der Waals surface area contributed by atoms with Crippen molar-refractivity contribution in [3.8, 4) is 5.75 Å². The van der Waals surface area contributed by atoms with Crippen LogP contribution in [-0.2, 0) is 11.3 Å². The number of hydrogen-bond donors (Lipinski definition) is 2. The van der Waals surface area contributed by atoms with E-state index in [1.165, 1.54) is 12.1 Å². The number of halogens is 3. The zero-order chi connectivity index (χ0) is 16.4. The molecule has 1 aromatic rings. The molecule has 0 aliphatic rings. The van der Waals surface area contributed by atoms with E-state index < -0.39 is 6.36 Å². The minimum atomic E-state index is -4.70. The summed E-state index contributed by atoms with van der Waals surface area (Å²) >= 11 is 0. The van der Waals surface area contributed by atoms with Crippen molar-refractivity contribution in [2.24, 2.45) is 0 Å². The maximum absolute atomic E-state index is 12.1. The van der Waals surface area contributed by atoms with Gasteiger partial charge in [-0.2, -0.15) is 0 Å². The Morgan fingerprint density at radius 3 is 2.18 bits per heavy atom. The third-order valence-electron chi connectivity index (χ3n) is 2.77. The fraction of sp³-hybridized carbons (Fsp3) is 0.571. The first kappa shape index (κ1) is 18.7. The van der Waals surface area contributed by atoms with Crippen LogP contribution in [0.2, 0.25) is 0 Å². The van der Waals surface area contributed by atoms with Crippen molar-refractivity contribution in [3.05, 3.63) is 29.8 Å². The Bertz CT molecular complexity index is 412. The van der Waals surface area contributed by atoms with Gasteiger partial charge in [-0.3, -0.25) is 4.90 Å². The van der Waals surface area contributed by atoms with Crippen LogP contribution in [0.25, 0.3) is 0 Å². The van der Waals surface area contributed by atoms with Crippen molar-refractivity contribution in [3.63, 3.8) is 0 Å². The Labute approximate surface area is 126 Å². The average Bonchev–Trinajstić information content (AvgIpc) is 2.44. The predicted octanol–water partition coefficient (Wildman–Crippen LogP) is 1.39. The molecule has 0 spiro atoms. The van der Waals surface area contributed by atoms with E-state index in [-0.39, 0.29) is 25.6 Å².